The molecule has 0 spiro atoms. The summed E-state index contributed by atoms with van der Waals surface area (Å²) in [6.07, 6.45) is 1.42. The lowest BCUT2D eigenvalue weighted by molar-refractivity contribution is -0.121. The molecule has 0 saturated carbocycles. The molecule has 1 rings (SSSR count). The van der Waals surface area contributed by atoms with Crippen LogP contribution in [0.1, 0.15) is 76.7 Å². The summed E-state index contributed by atoms with van der Waals surface area (Å²) in [4.78, 5) is 40.0. The third kappa shape index (κ3) is 8.26. The van der Waals surface area contributed by atoms with Gasteiger partial charge in [0, 0.05) is 12.8 Å². The summed E-state index contributed by atoms with van der Waals surface area (Å²) in [5.41, 5.74) is 5.66. The second-order valence-electron chi connectivity index (χ2n) is 6.96. The summed E-state index contributed by atoms with van der Waals surface area (Å²) in [6.45, 7) is 4.24. The van der Waals surface area contributed by atoms with Crippen molar-refractivity contribution in [3.8, 4) is 0 Å². The maximum atomic E-state index is 12.3. The van der Waals surface area contributed by atoms with Crippen LogP contribution in [0, 0.1) is 0 Å². The molecule has 0 aliphatic rings. The van der Waals surface area contributed by atoms with Gasteiger partial charge in [-0.1, -0.05) is 18.5 Å². The van der Waals surface area contributed by atoms with Crippen molar-refractivity contribution in [3.63, 3.8) is 0 Å². The number of rotatable bonds is 13. The molecule has 0 radical (unpaired) electrons. The first kappa shape index (κ1) is 24.7. The van der Waals surface area contributed by atoms with Gasteiger partial charge < -0.3 is 31.1 Å². The van der Waals surface area contributed by atoms with Crippen LogP contribution >= 0.6 is 0 Å². The molecule has 0 aliphatic carbocycles. The van der Waals surface area contributed by atoms with Crippen molar-refractivity contribution < 1.29 is 29.1 Å². The highest BCUT2D eigenvalue weighted by atomic mass is 16.5. The summed E-state index contributed by atoms with van der Waals surface area (Å²) < 4.78 is 5.14. The first-order valence-corrected chi connectivity index (χ1v) is 9.66. The molecule has 11 heteroatoms. The van der Waals surface area contributed by atoms with E-state index in [4.69, 9.17) is 15.4 Å². The van der Waals surface area contributed by atoms with E-state index in [9.17, 15) is 19.5 Å². The summed E-state index contributed by atoms with van der Waals surface area (Å²) in [7, 11) is 0. The Hall–Kier alpha value is -2.37. The number of aromatic nitrogens is 2. The van der Waals surface area contributed by atoms with Crippen LogP contribution in [0.3, 0.4) is 0 Å². The summed E-state index contributed by atoms with van der Waals surface area (Å²) >= 11 is 0. The number of nitrogens with one attached hydrogen (secondary N) is 2. The van der Waals surface area contributed by atoms with E-state index < -0.39 is 36.0 Å². The Morgan fingerprint density at radius 1 is 1.24 bits per heavy atom. The number of nitrogens with two attached hydrogens (primary N) is 1. The van der Waals surface area contributed by atoms with E-state index in [1.165, 1.54) is 13.8 Å². The quantitative estimate of drug-likeness (QED) is 0.303. The van der Waals surface area contributed by atoms with E-state index in [1.54, 1.807) is 0 Å². The number of hydrogen-bond donors (Lipinski definition) is 5. The number of nitrogens with zero attached hydrogens (tertiary/aromatic N) is 2. The third-order valence-electron chi connectivity index (χ3n) is 4.32. The Kier molecular flexibility index (Phi) is 10.4. The number of amides is 2. The Morgan fingerprint density at radius 3 is 2.48 bits per heavy atom. The number of aliphatic hydroxyl groups excluding tert-OH is 2. The van der Waals surface area contributed by atoms with Crippen molar-refractivity contribution >= 4 is 17.6 Å². The Bertz CT molecular complexity index is 677. The maximum absolute atomic E-state index is 12.3. The van der Waals surface area contributed by atoms with E-state index in [1.807, 2.05) is 6.92 Å². The summed E-state index contributed by atoms with van der Waals surface area (Å²) in [6, 6.07) is -3.47. The highest BCUT2D eigenvalue weighted by molar-refractivity contribution is 5.87. The number of hydrogen-bond acceptors (Lipinski definition) is 9. The van der Waals surface area contributed by atoms with E-state index in [0.717, 1.165) is 12.8 Å². The van der Waals surface area contributed by atoms with Gasteiger partial charge in [-0.2, -0.15) is 4.98 Å². The number of Topliss-reactive ketones (excluding diaryl/α,β-unsaturated/α-hetero) is 2. The molecule has 4 atom stereocenters. The zero-order chi connectivity index (χ0) is 22.0. The predicted molar refractivity (Wildman–Crippen MR) is 103 cm³/mol. The molecule has 29 heavy (non-hydrogen) atoms. The number of carbonyl (C=O) groups excluding carboxylic acids is 3. The van der Waals surface area contributed by atoms with Crippen molar-refractivity contribution in [1.82, 2.24) is 20.8 Å². The van der Waals surface area contributed by atoms with E-state index >= 15 is 0 Å². The fourth-order valence-corrected chi connectivity index (χ4v) is 2.59. The molecule has 1 aromatic rings. The zero-order valence-electron chi connectivity index (χ0n) is 17.1. The normalized spacial score (nSPS) is 15.2. The van der Waals surface area contributed by atoms with Crippen molar-refractivity contribution in [2.45, 2.75) is 77.1 Å². The molecular weight excluding hydrogens is 382 g/mol. The van der Waals surface area contributed by atoms with Crippen LogP contribution in [0.5, 0.6) is 0 Å². The maximum Gasteiger partial charge on any atom is 0.316 e. The molecule has 1 aromatic heterocycles. The van der Waals surface area contributed by atoms with Gasteiger partial charge in [-0.15, -0.1) is 0 Å². The monoisotopic (exact) mass is 413 g/mol. The van der Waals surface area contributed by atoms with Crippen LogP contribution in [-0.2, 0) is 9.59 Å². The van der Waals surface area contributed by atoms with Gasteiger partial charge in [0.25, 0.3) is 0 Å². The predicted octanol–water partition coefficient (Wildman–Crippen LogP) is 0.280. The van der Waals surface area contributed by atoms with Crippen molar-refractivity contribution in [2.24, 2.45) is 5.73 Å². The van der Waals surface area contributed by atoms with Crippen molar-refractivity contribution in [1.29, 1.82) is 0 Å². The number of unbranched alkanes of at least 4 members (excludes halogenated alkanes) is 1. The van der Waals surface area contributed by atoms with Crippen molar-refractivity contribution in [3.05, 3.63) is 11.7 Å². The molecule has 1 heterocycles. The fourth-order valence-electron chi connectivity index (χ4n) is 2.59. The molecule has 1 unspecified atom stereocenters. The molecular formula is C18H31N5O6. The number of ketones is 2. The van der Waals surface area contributed by atoms with Crippen LogP contribution in [0.15, 0.2) is 4.52 Å². The van der Waals surface area contributed by atoms with Crippen molar-refractivity contribution in [2.75, 3.05) is 6.61 Å². The van der Waals surface area contributed by atoms with Crippen LogP contribution in [0.4, 0.5) is 4.79 Å². The molecule has 0 bridgehead atoms. The van der Waals surface area contributed by atoms with Crippen LogP contribution in [-0.4, -0.2) is 56.7 Å². The van der Waals surface area contributed by atoms with Gasteiger partial charge in [-0.3, -0.25) is 9.59 Å². The lowest BCUT2D eigenvalue weighted by Crippen LogP contribution is -2.51. The van der Waals surface area contributed by atoms with Crippen LogP contribution in [0.25, 0.3) is 0 Å². The van der Waals surface area contributed by atoms with E-state index in [0.29, 0.717) is 6.42 Å². The highest BCUT2D eigenvalue weighted by Crippen LogP contribution is 2.19. The smallest absolute Gasteiger partial charge is 0.316 e. The minimum absolute atomic E-state index is 0.0266. The number of aliphatic hydroxyl groups is 2. The Morgan fingerprint density at radius 2 is 1.93 bits per heavy atom. The van der Waals surface area contributed by atoms with E-state index in [-0.39, 0.29) is 36.9 Å². The van der Waals surface area contributed by atoms with Crippen LogP contribution in [0.2, 0.25) is 0 Å². The molecule has 0 aromatic carbocycles. The highest BCUT2D eigenvalue weighted by Gasteiger charge is 2.27. The lowest BCUT2D eigenvalue weighted by Gasteiger charge is -2.21. The van der Waals surface area contributed by atoms with Gasteiger partial charge in [-0.05, 0) is 26.7 Å². The van der Waals surface area contributed by atoms with Gasteiger partial charge in [0.05, 0.1) is 18.8 Å². The first-order valence-electron chi connectivity index (χ1n) is 9.66. The molecule has 0 saturated heterocycles. The van der Waals surface area contributed by atoms with E-state index in [2.05, 4.69) is 20.8 Å². The first-order chi connectivity index (χ1) is 13.7. The minimum atomic E-state index is -1.08. The Balaban J connectivity index is 2.89. The molecule has 6 N–H and O–H groups in total. The lowest BCUT2D eigenvalue weighted by atomic mass is 10.0. The largest absolute Gasteiger partial charge is 0.394 e. The molecule has 2 amide bonds. The molecule has 0 aliphatic heterocycles. The second kappa shape index (κ2) is 12.2. The van der Waals surface area contributed by atoms with Gasteiger partial charge >= 0.3 is 6.03 Å². The minimum Gasteiger partial charge on any atom is -0.394 e. The Labute approximate surface area is 169 Å². The topological polar surface area (TPSA) is 181 Å². The standard InChI is InChI=1S/C18H31N5O6/c1-4-5-6-12(27)7-8-14(17-22-16(23-29-17)13(19)9-24)20-18(28)21-15(10(2)25)11(3)26/h10,13-15,24-25H,4-9,19H2,1-3H3,(H2,20,21,28)/t10?,13-,14-,15-/m0/s1. The summed E-state index contributed by atoms with van der Waals surface area (Å²) in [5, 5.41) is 27.4. The molecule has 11 nitrogen and oxygen atoms in total. The number of carbonyl (C=O) groups is 3. The average Bonchev–Trinajstić information content (AvgIpc) is 3.16. The van der Waals surface area contributed by atoms with Gasteiger partial charge in [0.15, 0.2) is 11.6 Å². The second-order valence-corrected chi connectivity index (χ2v) is 6.96. The number of urea groups is 1. The third-order valence-corrected chi connectivity index (χ3v) is 4.32. The fraction of sp³-hybridized carbons (Fsp3) is 0.722. The van der Waals surface area contributed by atoms with Gasteiger partial charge in [0.2, 0.25) is 5.89 Å². The zero-order valence-corrected chi connectivity index (χ0v) is 17.1. The van der Waals surface area contributed by atoms with Gasteiger partial charge in [-0.25, -0.2) is 4.79 Å². The summed E-state index contributed by atoms with van der Waals surface area (Å²) in [5.74, 6) is -0.275. The molecule has 164 valence electrons. The SMILES string of the molecule is CCCCC(=O)CC[C@H](NC(=O)N[C@H](C(C)=O)C(C)O)c1nc([C@@H](N)CO)no1. The molecule has 0 fully saturated rings. The van der Waals surface area contributed by atoms with Gasteiger partial charge in [0.1, 0.15) is 17.9 Å². The average molecular weight is 413 g/mol. The van der Waals surface area contributed by atoms with Crippen LogP contribution < -0.4 is 16.4 Å².